The number of aliphatic hydroxyl groups is 1. The average Bonchev–Trinajstić information content (AvgIpc) is 3.33. The smallest absolute Gasteiger partial charge is 0.121 e. The van der Waals surface area contributed by atoms with Gasteiger partial charge in [0.1, 0.15) is 5.75 Å². The summed E-state index contributed by atoms with van der Waals surface area (Å²) >= 11 is 0. The summed E-state index contributed by atoms with van der Waals surface area (Å²) in [7, 11) is 1.71. The Morgan fingerprint density at radius 1 is 1.02 bits per heavy atom. The van der Waals surface area contributed by atoms with Gasteiger partial charge in [-0.25, -0.2) is 0 Å². The van der Waals surface area contributed by atoms with E-state index in [9.17, 15) is 5.11 Å². The van der Waals surface area contributed by atoms with Crippen LogP contribution in [0.15, 0.2) is 30.5 Å². The Morgan fingerprint density at radius 3 is 2.71 bits per heavy atom. The maximum atomic E-state index is 10.3. The van der Waals surface area contributed by atoms with E-state index in [2.05, 4.69) is 48.5 Å². The quantitative estimate of drug-likeness (QED) is 0.245. The van der Waals surface area contributed by atoms with E-state index in [1.54, 1.807) is 7.11 Å². The molecular weight excluding hydrogens is 522 g/mol. The number of aromatic nitrogens is 1. The van der Waals surface area contributed by atoms with Crippen molar-refractivity contribution in [3.8, 4) is 5.75 Å². The first kappa shape index (κ1) is 30.1. The molecule has 0 bridgehead atoms. The van der Waals surface area contributed by atoms with Gasteiger partial charge >= 0.3 is 0 Å². The normalized spacial score (nSPS) is 36.6. The Hall–Kier alpha value is -1.89. The standard InChI is InChI=1S/C36H55N3O3/c1-24(39-32-23-28(41-4)21-25-8-6-18-38-34(25)32)7-5-17-37-19-20-42-33-12-11-30-29-10-9-26-22-27(40)13-15-35(26,2)31(29)14-16-36(30,33)3/h6,8,18,21,23-24,26-27,29-31,33,37,39-40H,5,7,9-17,19-20,22H2,1-4H3. The Labute approximate surface area is 253 Å². The fraction of sp³-hybridized carbons (Fsp3) is 0.750. The topological polar surface area (TPSA) is 75.6 Å². The second-order valence-electron chi connectivity index (χ2n) is 14.8. The Morgan fingerprint density at radius 2 is 1.86 bits per heavy atom. The number of hydrogen-bond donors (Lipinski definition) is 3. The largest absolute Gasteiger partial charge is 0.497 e. The number of hydrogen-bond acceptors (Lipinski definition) is 6. The predicted molar refractivity (Wildman–Crippen MR) is 171 cm³/mol. The molecule has 4 aliphatic carbocycles. The molecule has 6 heteroatoms. The van der Waals surface area contributed by atoms with Crippen LogP contribution in [0.2, 0.25) is 0 Å². The van der Waals surface area contributed by atoms with Crippen LogP contribution in [0.4, 0.5) is 5.69 Å². The summed E-state index contributed by atoms with van der Waals surface area (Å²) in [5.74, 6) is 4.15. The van der Waals surface area contributed by atoms with Crippen molar-refractivity contribution in [1.29, 1.82) is 0 Å². The molecule has 0 spiro atoms. The minimum Gasteiger partial charge on any atom is -0.497 e. The third-order valence-corrected chi connectivity index (χ3v) is 12.5. The highest BCUT2D eigenvalue weighted by Crippen LogP contribution is 2.66. The van der Waals surface area contributed by atoms with Crippen LogP contribution in [-0.4, -0.2) is 55.1 Å². The fourth-order valence-electron chi connectivity index (χ4n) is 10.1. The van der Waals surface area contributed by atoms with Crippen molar-refractivity contribution in [2.45, 2.75) is 110 Å². The lowest BCUT2D eigenvalue weighted by molar-refractivity contribution is -0.140. The maximum absolute atomic E-state index is 10.3. The molecule has 42 heavy (non-hydrogen) atoms. The van der Waals surface area contributed by atoms with Crippen LogP contribution in [0, 0.1) is 34.5 Å². The summed E-state index contributed by atoms with van der Waals surface area (Å²) < 4.78 is 12.1. The molecule has 9 atom stereocenters. The van der Waals surface area contributed by atoms with E-state index in [1.807, 2.05) is 18.3 Å². The second kappa shape index (κ2) is 12.6. The number of pyridine rings is 1. The van der Waals surface area contributed by atoms with E-state index in [-0.39, 0.29) is 6.10 Å². The molecule has 6 rings (SSSR count). The lowest BCUT2D eigenvalue weighted by atomic mass is 9.45. The van der Waals surface area contributed by atoms with E-state index >= 15 is 0 Å². The van der Waals surface area contributed by atoms with Gasteiger partial charge in [-0.2, -0.15) is 0 Å². The van der Waals surface area contributed by atoms with Crippen LogP contribution < -0.4 is 15.4 Å². The molecule has 1 aromatic heterocycles. The molecule has 2 aromatic rings. The Bertz CT molecular complexity index is 1210. The van der Waals surface area contributed by atoms with E-state index in [0.717, 1.165) is 91.4 Å². The molecule has 6 nitrogen and oxygen atoms in total. The van der Waals surface area contributed by atoms with Crippen LogP contribution in [0.5, 0.6) is 5.75 Å². The number of aliphatic hydroxyl groups excluding tert-OH is 1. The van der Waals surface area contributed by atoms with Crippen molar-refractivity contribution in [1.82, 2.24) is 10.3 Å². The second-order valence-corrected chi connectivity index (χ2v) is 14.8. The molecule has 1 heterocycles. The van der Waals surface area contributed by atoms with Crippen molar-refractivity contribution in [2.24, 2.45) is 34.5 Å². The van der Waals surface area contributed by atoms with Crippen LogP contribution in [0.3, 0.4) is 0 Å². The van der Waals surface area contributed by atoms with E-state index < -0.39 is 0 Å². The van der Waals surface area contributed by atoms with Gasteiger partial charge < -0.3 is 25.2 Å². The third kappa shape index (κ3) is 5.80. The number of nitrogens with one attached hydrogen (secondary N) is 2. The van der Waals surface area contributed by atoms with Crippen LogP contribution in [0.25, 0.3) is 10.9 Å². The lowest BCUT2D eigenvalue weighted by Gasteiger charge is -2.60. The average molecular weight is 578 g/mol. The molecule has 3 N–H and O–H groups in total. The zero-order chi connectivity index (χ0) is 29.3. The highest BCUT2D eigenvalue weighted by atomic mass is 16.5. The van der Waals surface area contributed by atoms with Gasteiger partial charge in [-0.1, -0.05) is 19.9 Å². The lowest BCUT2D eigenvalue weighted by Crippen LogP contribution is -2.54. The maximum Gasteiger partial charge on any atom is 0.121 e. The third-order valence-electron chi connectivity index (χ3n) is 12.5. The summed E-state index contributed by atoms with van der Waals surface area (Å²) in [4.78, 5) is 4.59. The number of nitrogens with zero attached hydrogens (tertiary/aromatic N) is 1. The monoisotopic (exact) mass is 577 g/mol. The van der Waals surface area contributed by atoms with E-state index in [4.69, 9.17) is 9.47 Å². The van der Waals surface area contributed by atoms with Crippen molar-refractivity contribution >= 4 is 16.6 Å². The minimum atomic E-state index is -0.0522. The van der Waals surface area contributed by atoms with E-state index in [0.29, 0.717) is 23.0 Å². The van der Waals surface area contributed by atoms with Crippen molar-refractivity contribution in [3.05, 3.63) is 30.5 Å². The molecule has 9 unspecified atom stereocenters. The number of fused-ring (bicyclic) bond motifs is 6. The molecule has 0 radical (unpaired) electrons. The van der Waals surface area contributed by atoms with Gasteiger partial charge in [-0.15, -0.1) is 0 Å². The van der Waals surface area contributed by atoms with Crippen LogP contribution in [0.1, 0.15) is 91.4 Å². The zero-order valence-electron chi connectivity index (χ0n) is 26.5. The molecule has 4 aliphatic rings. The zero-order valence-corrected chi connectivity index (χ0v) is 26.5. The SMILES string of the molecule is COc1cc(NC(C)CCCNCCOC2CCC3C4CCC5CC(O)CCC5(C)C4CCC23C)c2ncccc2c1. The van der Waals surface area contributed by atoms with Gasteiger partial charge in [-0.3, -0.25) is 4.98 Å². The first-order valence-corrected chi connectivity index (χ1v) is 17.0. The van der Waals surface area contributed by atoms with Crippen LogP contribution in [-0.2, 0) is 4.74 Å². The molecule has 232 valence electrons. The highest BCUT2D eigenvalue weighted by Gasteiger charge is 2.60. The molecule has 0 amide bonds. The van der Waals surface area contributed by atoms with Crippen molar-refractivity contribution in [3.63, 3.8) is 0 Å². The van der Waals surface area contributed by atoms with Gasteiger partial charge in [0, 0.05) is 30.2 Å². The fourth-order valence-corrected chi connectivity index (χ4v) is 10.1. The van der Waals surface area contributed by atoms with Crippen molar-refractivity contribution < 1.29 is 14.6 Å². The number of anilines is 1. The Kier molecular flexibility index (Phi) is 9.05. The van der Waals surface area contributed by atoms with Gasteiger partial charge in [0.2, 0.25) is 0 Å². The summed E-state index contributed by atoms with van der Waals surface area (Å²) in [6.45, 7) is 10.1. The van der Waals surface area contributed by atoms with E-state index in [1.165, 1.54) is 44.9 Å². The van der Waals surface area contributed by atoms with Gasteiger partial charge in [0.25, 0.3) is 0 Å². The molecule has 0 saturated heterocycles. The molecule has 1 aromatic carbocycles. The minimum absolute atomic E-state index is 0.0522. The summed E-state index contributed by atoms with van der Waals surface area (Å²) in [5, 5.41) is 18.7. The summed E-state index contributed by atoms with van der Waals surface area (Å²) in [5.41, 5.74) is 2.83. The molecular formula is C36H55N3O3. The first-order chi connectivity index (χ1) is 20.3. The van der Waals surface area contributed by atoms with Gasteiger partial charge in [0.05, 0.1) is 37.1 Å². The summed E-state index contributed by atoms with van der Waals surface area (Å²) in [6, 6.07) is 8.49. The first-order valence-electron chi connectivity index (χ1n) is 17.0. The van der Waals surface area contributed by atoms with Crippen molar-refractivity contribution in [2.75, 3.05) is 32.1 Å². The highest BCUT2D eigenvalue weighted by molar-refractivity contribution is 5.91. The Balaban J connectivity index is 0.922. The number of methoxy groups -OCH3 is 1. The molecule has 4 fully saturated rings. The van der Waals surface area contributed by atoms with Gasteiger partial charge in [-0.05, 0) is 131 Å². The molecule has 0 aliphatic heterocycles. The van der Waals surface area contributed by atoms with Gasteiger partial charge in [0.15, 0.2) is 0 Å². The number of rotatable bonds is 11. The number of ether oxygens (including phenoxy) is 2. The predicted octanol–water partition coefficient (Wildman–Crippen LogP) is 7.20. The molecule has 4 saturated carbocycles. The van der Waals surface area contributed by atoms with Crippen LogP contribution >= 0.6 is 0 Å². The summed E-state index contributed by atoms with van der Waals surface area (Å²) in [6.07, 6.45) is 15.7. The number of benzene rings is 1.